The molecule has 0 spiro atoms. The average Bonchev–Trinajstić information content (AvgIpc) is 3.35. The maximum atomic E-state index is 13.6. The van der Waals surface area contributed by atoms with E-state index in [0.717, 1.165) is 10.5 Å². The number of carbonyl (C=O) groups is 3. The van der Waals surface area contributed by atoms with E-state index >= 15 is 0 Å². The van der Waals surface area contributed by atoms with Crippen molar-refractivity contribution in [3.05, 3.63) is 60.2 Å². The number of amides is 4. The van der Waals surface area contributed by atoms with E-state index in [0.29, 0.717) is 41.5 Å². The Labute approximate surface area is 209 Å². The largest absolute Gasteiger partial charge is 0.493 e. The number of fused-ring (bicyclic) bond motifs is 1. The highest BCUT2D eigenvalue weighted by Crippen LogP contribution is 2.36. The summed E-state index contributed by atoms with van der Waals surface area (Å²) in [6.07, 6.45) is 2.13. The van der Waals surface area contributed by atoms with E-state index in [4.69, 9.17) is 18.9 Å². The number of carbonyl (C=O) groups excluding carboxylic acids is 3. The molecule has 0 aromatic heterocycles. The zero-order valence-electron chi connectivity index (χ0n) is 20.3. The van der Waals surface area contributed by atoms with Gasteiger partial charge in [-0.05, 0) is 54.8 Å². The molecule has 0 radical (unpaired) electrons. The van der Waals surface area contributed by atoms with Gasteiger partial charge < -0.3 is 24.3 Å². The summed E-state index contributed by atoms with van der Waals surface area (Å²) in [6, 6.07) is 10.2. The first-order chi connectivity index (χ1) is 17.4. The monoisotopic (exact) mass is 495 g/mol. The Morgan fingerprint density at radius 2 is 1.81 bits per heavy atom. The van der Waals surface area contributed by atoms with Gasteiger partial charge in [-0.15, -0.1) is 6.58 Å². The first-order valence-electron chi connectivity index (χ1n) is 11.5. The summed E-state index contributed by atoms with van der Waals surface area (Å²) in [4.78, 5) is 40.2. The Bertz CT molecular complexity index is 1180. The van der Waals surface area contributed by atoms with Crippen LogP contribution in [-0.2, 0) is 22.4 Å². The number of barbiturate groups is 1. The molecule has 0 unspecified atom stereocenters. The Kier molecular flexibility index (Phi) is 7.44. The minimum atomic E-state index is -1.54. The lowest BCUT2D eigenvalue weighted by Gasteiger charge is -2.39. The molecule has 2 heterocycles. The summed E-state index contributed by atoms with van der Waals surface area (Å²) >= 11 is 0. The number of hydrogen-bond donors (Lipinski definition) is 2. The van der Waals surface area contributed by atoms with Gasteiger partial charge in [0.15, 0.2) is 23.0 Å². The first kappa shape index (κ1) is 25.1. The number of rotatable bonds is 11. The van der Waals surface area contributed by atoms with Gasteiger partial charge >= 0.3 is 6.03 Å². The van der Waals surface area contributed by atoms with E-state index in [-0.39, 0.29) is 26.3 Å². The fraction of sp³-hybridized carbons (Fsp3) is 0.346. The highest BCUT2D eigenvalue weighted by atomic mass is 16.7. The van der Waals surface area contributed by atoms with Gasteiger partial charge in [-0.3, -0.25) is 19.8 Å². The smallest absolute Gasteiger partial charge is 0.331 e. The minimum Gasteiger partial charge on any atom is -0.493 e. The molecule has 1 atom stereocenters. The van der Waals surface area contributed by atoms with Crippen molar-refractivity contribution in [2.75, 3.05) is 40.6 Å². The van der Waals surface area contributed by atoms with Gasteiger partial charge in [0.05, 0.1) is 14.2 Å². The topological polar surface area (TPSA) is 115 Å². The molecule has 2 aromatic carbocycles. The molecule has 1 saturated heterocycles. The molecule has 10 heteroatoms. The number of benzene rings is 2. The van der Waals surface area contributed by atoms with Gasteiger partial charge in [0.1, 0.15) is 5.41 Å². The number of nitrogens with zero attached hydrogens (tertiary/aromatic N) is 1. The van der Waals surface area contributed by atoms with Crippen LogP contribution >= 0.6 is 0 Å². The number of ether oxygens (including phenoxy) is 4. The lowest BCUT2D eigenvalue weighted by atomic mass is 9.77. The van der Waals surface area contributed by atoms with Crippen LogP contribution in [0.1, 0.15) is 11.1 Å². The van der Waals surface area contributed by atoms with Crippen molar-refractivity contribution >= 4 is 17.8 Å². The van der Waals surface area contributed by atoms with E-state index in [1.807, 2.05) is 18.2 Å². The molecule has 4 rings (SSSR count). The SMILES string of the molecule is C=CCN1C(=O)NC(=O)[C@@](CNCCc2ccc(OC)c(OC)c2)(Cc2ccc3c(c2)OCO3)C1=O. The van der Waals surface area contributed by atoms with Gasteiger partial charge in [0.2, 0.25) is 18.6 Å². The summed E-state index contributed by atoms with van der Waals surface area (Å²) in [5.74, 6) is 1.18. The van der Waals surface area contributed by atoms with Crippen LogP contribution in [0.4, 0.5) is 4.79 Å². The molecular formula is C26H29N3O7. The molecule has 2 aromatic rings. The molecule has 2 aliphatic rings. The van der Waals surface area contributed by atoms with Crippen molar-refractivity contribution in [2.24, 2.45) is 5.41 Å². The van der Waals surface area contributed by atoms with Gasteiger partial charge in [0, 0.05) is 13.1 Å². The van der Waals surface area contributed by atoms with E-state index in [1.165, 1.54) is 6.08 Å². The van der Waals surface area contributed by atoms with E-state index < -0.39 is 23.3 Å². The highest BCUT2D eigenvalue weighted by molar-refractivity contribution is 6.19. The van der Waals surface area contributed by atoms with Gasteiger partial charge in [-0.2, -0.15) is 0 Å². The van der Waals surface area contributed by atoms with Crippen molar-refractivity contribution in [3.8, 4) is 23.0 Å². The van der Waals surface area contributed by atoms with Crippen LogP contribution in [0.5, 0.6) is 23.0 Å². The number of nitrogens with one attached hydrogen (secondary N) is 2. The fourth-order valence-electron chi connectivity index (χ4n) is 4.37. The third-order valence-corrected chi connectivity index (χ3v) is 6.27. The molecule has 190 valence electrons. The summed E-state index contributed by atoms with van der Waals surface area (Å²) in [6.45, 7) is 4.24. The highest BCUT2D eigenvalue weighted by Gasteiger charge is 2.53. The quantitative estimate of drug-likeness (QED) is 0.277. The molecule has 36 heavy (non-hydrogen) atoms. The Hall–Kier alpha value is -4.05. The second kappa shape index (κ2) is 10.7. The number of hydrogen-bond acceptors (Lipinski definition) is 8. The molecule has 10 nitrogen and oxygen atoms in total. The molecule has 0 aliphatic carbocycles. The van der Waals surface area contributed by atoms with Crippen LogP contribution < -0.4 is 29.6 Å². The first-order valence-corrected chi connectivity index (χ1v) is 11.5. The van der Waals surface area contributed by atoms with Crippen molar-refractivity contribution in [2.45, 2.75) is 12.8 Å². The van der Waals surface area contributed by atoms with E-state index in [1.54, 1.807) is 32.4 Å². The minimum absolute atomic E-state index is 0.00746. The van der Waals surface area contributed by atoms with E-state index in [2.05, 4.69) is 17.2 Å². The molecule has 4 amide bonds. The lowest BCUT2D eigenvalue weighted by molar-refractivity contribution is -0.150. The normalized spacial score (nSPS) is 18.7. The predicted molar refractivity (Wildman–Crippen MR) is 130 cm³/mol. The standard InChI is InChI=1S/C26H29N3O7/c1-4-11-29-24(31)26(23(30)28-25(29)32,14-18-6-8-20-22(13-18)36-16-35-20)15-27-10-9-17-5-7-19(33-2)21(12-17)34-3/h4-8,12-13,27H,1,9-11,14-16H2,2-3H3,(H,28,30,32)/t26-/m0/s1. The fourth-order valence-corrected chi connectivity index (χ4v) is 4.37. The van der Waals surface area contributed by atoms with Crippen LogP contribution in [0.25, 0.3) is 0 Å². The second-order valence-corrected chi connectivity index (χ2v) is 8.53. The molecular weight excluding hydrogens is 466 g/mol. The third kappa shape index (κ3) is 4.85. The van der Waals surface area contributed by atoms with Gasteiger partial charge in [-0.25, -0.2) is 4.79 Å². The molecule has 0 saturated carbocycles. The third-order valence-electron chi connectivity index (χ3n) is 6.27. The van der Waals surface area contributed by atoms with Crippen molar-refractivity contribution in [3.63, 3.8) is 0 Å². The van der Waals surface area contributed by atoms with Crippen molar-refractivity contribution in [1.29, 1.82) is 0 Å². The maximum absolute atomic E-state index is 13.6. The van der Waals surface area contributed by atoms with Crippen LogP contribution in [0.2, 0.25) is 0 Å². The van der Waals surface area contributed by atoms with E-state index in [9.17, 15) is 14.4 Å². The Morgan fingerprint density at radius 3 is 2.56 bits per heavy atom. The predicted octanol–water partition coefficient (Wildman–Crippen LogP) is 2.06. The maximum Gasteiger partial charge on any atom is 0.331 e. The van der Waals surface area contributed by atoms with Crippen LogP contribution in [0.3, 0.4) is 0 Å². The second-order valence-electron chi connectivity index (χ2n) is 8.53. The number of methoxy groups -OCH3 is 2. The molecule has 2 aliphatic heterocycles. The molecule has 1 fully saturated rings. The zero-order valence-corrected chi connectivity index (χ0v) is 20.3. The van der Waals surface area contributed by atoms with Gasteiger partial charge in [-0.1, -0.05) is 18.2 Å². The van der Waals surface area contributed by atoms with Crippen LogP contribution in [0.15, 0.2) is 49.1 Å². The lowest BCUT2D eigenvalue weighted by Crippen LogP contribution is -2.67. The summed E-state index contributed by atoms with van der Waals surface area (Å²) in [5.41, 5.74) is 0.160. The molecule has 2 N–H and O–H groups in total. The van der Waals surface area contributed by atoms with Crippen LogP contribution in [-0.4, -0.2) is 63.4 Å². The number of imide groups is 2. The molecule has 0 bridgehead atoms. The van der Waals surface area contributed by atoms with Crippen molar-refractivity contribution in [1.82, 2.24) is 15.5 Å². The Morgan fingerprint density at radius 1 is 1.06 bits per heavy atom. The summed E-state index contributed by atoms with van der Waals surface area (Å²) in [5, 5.41) is 5.60. The van der Waals surface area contributed by atoms with Crippen molar-refractivity contribution < 1.29 is 33.3 Å². The summed E-state index contributed by atoms with van der Waals surface area (Å²) in [7, 11) is 3.15. The Balaban J connectivity index is 1.54. The van der Waals surface area contributed by atoms with Gasteiger partial charge in [0.25, 0.3) is 0 Å². The van der Waals surface area contributed by atoms with Crippen LogP contribution in [0, 0.1) is 5.41 Å². The zero-order chi connectivity index (χ0) is 25.7. The number of urea groups is 1. The summed E-state index contributed by atoms with van der Waals surface area (Å²) < 4.78 is 21.5. The average molecular weight is 496 g/mol.